The number of nitrogens with two attached hydrogens (primary N) is 1. The minimum absolute atomic E-state index is 0.0522. The zero-order valence-electron chi connectivity index (χ0n) is 11.6. The van der Waals surface area contributed by atoms with E-state index in [-0.39, 0.29) is 17.3 Å². The lowest BCUT2D eigenvalue weighted by Crippen LogP contribution is -2.32. The van der Waals surface area contributed by atoms with Gasteiger partial charge in [-0.3, -0.25) is 0 Å². The molecule has 0 atom stereocenters. The summed E-state index contributed by atoms with van der Waals surface area (Å²) in [6.07, 6.45) is 0. The molecule has 1 aromatic carbocycles. The van der Waals surface area contributed by atoms with Gasteiger partial charge >= 0.3 is 0 Å². The summed E-state index contributed by atoms with van der Waals surface area (Å²) in [5.41, 5.74) is 6.21. The first-order valence-electron chi connectivity index (χ1n) is 5.99. The Labute approximate surface area is 133 Å². The van der Waals surface area contributed by atoms with Crippen LogP contribution >= 0.6 is 28.1 Å². The first-order valence-corrected chi connectivity index (χ1v) is 8.84. The highest BCUT2D eigenvalue weighted by atomic mass is 79.9. The molecule has 7 heteroatoms. The average molecular weight is 380 g/mol. The second kappa shape index (κ2) is 6.41. The van der Waals surface area contributed by atoms with E-state index >= 15 is 0 Å². The van der Waals surface area contributed by atoms with Crippen molar-refractivity contribution in [3.05, 3.63) is 28.2 Å². The topological polar surface area (TPSA) is 69.4 Å². The number of hydrogen-bond donors (Lipinski definition) is 1. The predicted octanol–water partition coefficient (Wildman–Crippen LogP) is 2.68. The molecule has 0 spiro atoms. The summed E-state index contributed by atoms with van der Waals surface area (Å²) < 4.78 is 29.5. The Morgan fingerprint density at radius 1 is 1.40 bits per heavy atom. The Morgan fingerprint density at radius 3 is 2.50 bits per heavy atom. The van der Waals surface area contributed by atoms with E-state index in [1.807, 2.05) is 0 Å². The van der Waals surface area contributed by atoms with Crippen LogP contribution in [0.15, 0.2) is 22.7 Å². The van der Waals surface area contributed by atoms with Gasteiger partial charge in [0.2, 0.25) is 0 Å². The average Bonchev–Trinajstić information content (AvgIpc) is 2.29. The molecule has 1 aromatic rings. The van der Waals surface area contributed by atoms with Gasteiger partial charge in [-0.1, -0.05) is 28.1 Å². The summed E-state index contributed by atoms with van der Waals surface area (Å²) in [5, 5.41) is 0. The molecule has 2 N–H and O–H groups in total. The van der Waals surface area contributed by atoms with E-state index in [0.29, 0.717) is 11.3 Å². The highest BCUT2D eigenvalue weighted by Crippen LogP contribution is 2.23. The Morgan fingerprint density at radius 2 is 2.00 bits per heavy atom. The maximum Gasteiger partial charge on any atom is 0.158 e. The van der Waals surface area contributed by atoms with E-state index in [1.165, 1.54) is 0 Å². The van der Waals surface area contributed by atoms with Crippen LogP contribution in [0.4, 0.5) is 0 Å². The van der Waals surface area contributed by atoms with Gasteiger partial charge < -0.3 is 10.5 Å². The van der Waals surface area contributed by atoms with Crippen molar-refractivity contribution in [3.63, 3.8) is 0 Å². The first kappa shape index (κ1) is 17.4. The molecule has 0 radical (unpaired) electrons. The van der Waals surface area contributed by atoms with E-state index in [9.17, 15) is 8.42 Å². The fourth-order valence-electron chi connectivity index (χ4n) is 1.39. The molecule has 0 amide bonds. The van der Waals surface area contributed by atoms with Crippen molar-refractivity contribution in [2.45, 2.75) is 25.5 Å². The second-order valence-corrected chi connectivity index (χ2v) is 9.50. The molecule has 0 unspecified atom stereocenters. The molecular formula is C13H18BrNO3S2. The van der Waals surface area contributed by atoms with Crippen LogP contribution in [-0.2, 0) is 9.84 Å². The van der Waals surface area contributed by atoms with Crippen LogP contribution in [0.5, 0.6) is 5.75 Å². The number of halogens is 1. The number of sulfone groups is 1. The minimum atomic E-state index is -3.21. The molecule has 1 rings (SSSR count). The number of benzene rings is 1. The van der Waals surface area contributed by atoms with Crippen molar-refractivity contribution in [1.29, 1.82) is 0 Å². The van der Waals surface area contributed by atoms with Gasteiger partial charge in [-0.05, 0) is 39.0 Å². The molecule has 0 saturated heterocycles. The smallest absolute Gasteiger partial charge is 0.158 e. The fraction of sp³-hybridized carbons (Fsp3) is 0.462. The van der Waals surface area contributed by atoms with Crippen molar-refractivity contribution >= 4 is 43.0 Å². The lowest BCUT2D eigenvalue weighted by molar-refractivity contribution is 0.339. The molecule has 0 aliphatic rings. The molecule has 112 valence electrons. The quantitative estimate of drug-likeness (QED) is 0.796. The molecule has 0 aromatic heterocycles. The van der Waals surface area contributed by atoms with Gasteiger partial charge in [0, 0.05) is 4.47 Å². The molecule has 0 saturated carbocycles. The van der Waals surface area contributed by atoms with Gasteiger partial charge in [-0.2, -0.15) is 0 Å². The summed E-state index contributed by atoms with van der Waals surface area (Å²) in [6, 6.07) is 5.24. The molecule has 20 heavy (non-hydrogen) atoms. The summed E-state index contributed by atoms with van der Waals surface area (Å²) in [5.74, 6) is 0.438. The number of hydrogen-bond acceptors (Lipinski definition) is 4. The third kappa shape index (κ3) is 4.43. The number of ether oxygens (including phenoxy) is 1. The molecule has 0 aliphatic carbocycles. The zero-order chi connectivity index (χ0) is 15.6. The lowest BCUT2D eigenvalue weighted by atomic mass is 10.2. The van der Waals surface area contributed by atoms with Gasteiger partial charge in [0.15, 0.2) is 9.84 Å². The summed E-state index contributed by atoms with van der Waals surface area (Å²) >= 11 is 8.28. The highest BCUT2D eigenvalue weighted by Gasteiger charge is 2.28. The molecule has 0 aliphatic heterocycles. The van der Waals surface area contributed by atoms with Crippen molar-refractivity contribution in [1.82, 2.24) is 0 Å². The van der Waals surface area contributed by atoms with Crippen LogP contribution in [0.3, 0.4) is 0 Å². The monoisotopic (exact) mass is 379 g/mol. The van der Waals surface area contributed by atoms with E-state index in [2.05, 4.69) is 15.9 Å². The van der Waals surface area contributed by atoms with Gasteiger partial charge in [-0.25, -0.2) is 8.42 Å². The van der Waals surface area contributed by atoms with Crippen molar-refractivity contribution < 1.29 is 13.2 Å². The standard InChI is InChI=1S/C13H18BrNO3S2/c1-13(2,3)20(16,17)7-6-18-11-5-4-9(14)8-10(11)12(15)19/h4-5,8H,6-7H2,1-3H3,(H2,15,19). The maximum atomic E-state index is 12.0. The third-order valence-electron chi connectivity index (χ3n) is 2.75. The van der Waals surface area contributed by atoms with Crippen LogP contribution in [0.2, 0.25) is 0 Å². The second-order valence-electron chi connectivity index (χ2n) is 5.28. The molecule has 0 heterocycles. The predicted molar refractivity (Wildman–Crippen MR) is 89.1 cm³/mol. The zero-order valence-corrected chi connectivity index (χ0v) is 14.9. The van der Waals surface area contributed by atoms with Gasteiger partial charge in [0.05, 0.1) is 16.1 Å². The van der Waals surface area contributed by atoms with Gasteiger partial charge in [0.25, 0.3) is 0 Å². The van der Waals surface area contributed by atoms with Crippen molar-refractivity contribution in [3.8, 4) is 5.75 Å². The minimum Gasteiger partial charge on any atom is -0.492 e. The van der Waals surface area contributed by atoms with Crippen LogP contribution in [0, 0.1) is 0 Å². The summed E-state index contributed by atoms with van der Waals surface area (Å²) in [4.78, 5) is 0.208. The SMILES string of the molecule is CC(C)(C)S(=O)(=O)CCOc1ccc(Br)cc1C(N)=S. The normalized spacial score (nSPS) is 12.2. The largest absolute Gasteiger partial charge is 0.492 e. The molecular weight excluding hydrogens is 362 g/mol. The number of rotatable bonds is 5. The van der Waals surface area contributed by atoms with E-state index in [0.717, 1.165) is 4.47 Å². The fourth-order valence-corrected chi connectivity index (χ4v) is 2.82. The summed E-state index contributed by atoms with van der Waals surface area (Å²) in [6.45, 7) is 5.07. The van der Waals surface area contributed by atoms with Gasteiger partial charge in [-0.15, -0.1) is 0 Å². The van der Waals surface area contributed by atoms with Gasteiger partial charge in [0.1, 0.15) is 17.3 Å². The Balaban J connectivity index is 2.80. The molecule has 4 nitrogen and oxygen atoms in total. The molecule has 0 fully saturated rings. The van der Waals surface area contributed by atoms with Crippen LogP contribution in [0.1, 0.15) is 26.3 Å². The third-order valence-corrected chi connectivity index (χ3v) is 6.03. The van der Waals surface area contributed by atoms with Crippen molar-refractivity contribution in [2.24, 2.45) is 5.73 Å². The lowest BCUT2D eigenvalue weighted by Gasteiger charge is -2.19. The van der Waals surface area contributed by atoms with E-state index < -0.39 is 14.6 Å². The molecule has 0 bridgehead atoms. The Kier molecular flexibility index (Phi) is 5.57. The van der Waals surface area contributed by atoms with Crippen LogP contribution in [0.25, 0.3) is 0 Å². The van der Waals surface area contributed by atoms with E-state index in [1.54, 1.807) is 39.0 Å². The van der Waals surface area contributed by atoms with E-state index in [4.69, 9.17) is 22.7 Å². The Hall–Kier alpha value is -0.660. The van der Waals surface area contributed by atoms with Crippen LogP contribution < -0.4 is 10.5 Å². The Bertz CT molecular complexity index is 607. The summed E-state index contributed by atoms with van der Waals surface area (Å²) in [7, 11) is -3.21. The first-order chi connectivity index (χ1) is 9.04. The highest BCUT2D eigenvalue weighted by molar-refractivity contribution is 9.10. The van der Waals surface area contributed by atoms with Crippen LogP contribution in [-0.4, -0.2) is 30.5 Å². The van der Waals surface area contributed by atoms with Crippen molar-refractivity contribution in [2.75, 3.05) is 12.4 Å². The number of thiocarbonyl (C=S) groups is 1. The maximum absolute atomic E-state index is 12.0.